The smallest absolute Gasteiger partial charge is 0.227 e. The number of rotatable bonds is 5. The molecule has 2 aromatic carbocycles. The Morgan fingerprint density at radius 3 is 2.81 bits per heavy atom. The Morgan fingerprint density at radius 1 is 1.16 bits per heavy atom. The molecule has 5 rings (SSSR count). The molecule has 1 aliphatic heterocycles. The summed E-state index contributed by atoms with van der Waals surface area (Å²) < 4.78 is 3.04. The van der Waals surface area contributed by atoms with Gasteiger partial charge in [0, 0.05) is 38.4 Å². The molecule has 1 aliphatic rings. The first-order valence-electron chi connectivity index (χ1n) is 10.6. The van der Waals surface area contributed by atoms with E-state index < -0.39 is 0 Å². The van der Waals surface area contributed by atoms with Crippen LogP contribution < -0.4 is 4.90 Å². The fraction of sp³-hybridized carbons (Fsp3) is 0.292. The van der Waals surface area contributed by atoms with Gasteiger partial charge in [0.2, 0.25) is 5.91 Å². The zero-order valence-corrected chi connectivity index (χ0v) is 18.3. The fourth-order valence-corrected chi connectivity index (χ4v) is 5.18. The molecule has 31 heavy (non-hydrogen) atoms. The second-order valence-corrected chi connectivity index (χ2v) is 9.08. The van der Waals surface area contributed by atoms with Gasteiger partial charge in [-0.2, -0.15) is 5.10 Å². The third kappa shape index (κ3) is 4.18. The number of para-hydroxylation sites is 2. The number of hydrogen-bond donors (Lipinski definition) is 0. The summed E-state index contributed by atoms with van der Waals surface area (Å²) in [6.45, 7) is 2.24. The number of piperidine rings is 1. The lowest BCUT2D eigenvalue weighted by atomic mass is 9.97. The van der Waals surface area contributed by atoms with E-state index in [2.05, 4.69) is 16.1 Å². The molecule has 3 heterocycles. The molecule has 0 N–H and O–H groups in total. The Bertz CT molecular complexity index is 1150. The number of anilines is 1. The summed E-state index contributed by atoms with van der Waals surface area (Å²) in [4.78, 5) is 22.1. The van der Waals surface area contributed by atoms with Crippen molar-refractivity contribution in [1.82, 2.24) is 19.7 Å². The van der Waals surface area contributed by atoms with Gasteiger partial charge in [-0.05, 0) is 37.1 Å². The molecule has 0 spiro atoms. The zero-order chi connectivity index (χ0) is 21.2. The van der Waals surface area contributed by atoms with Crippen LogP contribution in [0, 0.1) is 5.92 Å². The fourth-order valence-electron chi connectivity index (χ4n) is 4.17. The van der Waals surface area contributed by atoms with Gasteiger partial charge in [-0.15, -0.1) is 0 Å². The van der Waals surface area contributed by atoms with Crippen molar-refractivity contribution >= 4 is 32.6 Å². The second-order valence-electron chi connectivity index (χ2n) is 8.07. The molecule has 4 aromatic rings. The summed E-state index contributed by atoms with van der Waals surface area (Å²) >= 11 is 1.71. The molecular formula is C24H25N5OS. The maximum atomic E-state index is 13.2. The third-order valence-corrected chi connectivity index (χ3v) is 6.87. The lowest BCUT2D eigenvalue weighted by Crippen LogP contribution is -2.43. The molecule has 0 unspecified atom stereocenters. The summed E-state index contributed by atoms with van der Waals surface area (Å²) in [5.74, 6) is 0.188. The van der Waals surface area contributed by atoms with Crippen LogP contribution in [0.25, 0.3) is 15.9 Å². The van der Waals surface area contributed by atoms with Crippen molar-refractivity contribution in [2.24, 2.45) is 5.92 Å². The Hall–Kier alpha value is -3.19. The molecular weight excluding hydrogens is 406 g/mol. The number of thiazole rings is 1. The number of fused-ring (bicyclic) bond motifs is 1. The van der Waals surface area contributed by atoms with Gasteiger partial charge >= 0.3 is 0 Å². The first-order valence-corrected chi connectivity index (χ1v) is 11.4. The minimum Gasteiger partial charge on any atom is -0.347 e. The molecule has 158 valence electrons. The molecule has 0 bridgehead atoms. The normalized spacial score (nSPS) is 16.5. The molecule has 1 saturated heterocycles. The summed E-state index contributed by atoms with van der Waals surface area (Å²) in [5.41, 5.74) is 3.07. The van der Waals surface area contributed by atoms with Gasteiger partial charge in [0.1, 0.15) is 0 Å². The van der Waals surface area contributed by atoms with Crippen molar-refractivity contribution in [1.29, 1.82) is 0 Å². The van der Waals surface area contributed by atoms with Crippen LogP contribution in [0.3, 0.4) is 0 Å². The van der Waals surface area contributed by atoms with Crippen LogP contribution in [0.4, 0.5) is 5.13 Å². The van der Waals surface area contributed by atoms with E-state index in [9.17, 15) is 4.79 Å². The largest absolute Gasteiger partial charge is 0.347 e. The topological polar surface area (TPSA) is 54.3 Å². The number of aromatic nitrogens is 3. The lowest BCUT2D eigenvalue weighted by Gasteiger charge is -2.33. The second kappa shape index (κ2) is 8.51. The van der Waals surface area contributed by atoms with E-state index in [-0.39, 0.29) is 11.8 Å². The van der Waals surface area contributed by atoms with Gasteiger partial charge in [0.25, 0.3) is 0 Å². The lowest BCUT2D eigenvalue weighted by molar-refractivity contribution is -0.135. The van der Waals surface area contributed by atoms with Crippen molar-refractivity contribution in [2.75, 3.05) is 25.0 Å². The monoisotopic (exact) mass is 431 g/mol. The van der Waals surface area contributed by atoms with Crippen molar-refractivity contribution < 1.29 is 4.79 Å². The van der Waals surface area contributed by atoms with Gasteiger partial charge in [0.05, 0.1) is 28.0 Å². The minimum atomic E-state index is -0.00469. The number of hydrogen-bond acceptors (Lipinski definition) is 5. The van der Waals surface area contributed by atoms with E-state index in [1.165, 1.54) is 4.70 Å². The Morgan fingerprint density at radius 2 is 1.97 bits per heavy atom. The maximum absolute atomic E-state index is 13.2. The first-order chi connectivity index (χ1) is 15.2. The van der Waals surface area contributed by atoms with Gasteiger partial charge < -0.3 is 9.80 Å². The molecule has 0 aliphatic carbocycles. The van der Waals surface area contributed by atoms with Crippen molar-refractivity contribution in [3.05, 3.63) is 72.6 Å². The van der Waals surface area contributed by atoms with Crippen LogP contribution in [0.15, 0.2) is 67.0 Å². The summed E-state index contributed by atoms with van der Waals surface area (Å²) in [6, 6.07) is 18.2. The molecule has 2 aromatic heterocycles. The van der Waals surface area contributed by atoms with Crippen LogP contribution in [-0.4, -0.2) is 45.7 Å². The molecule has 0 radical (unpaired) electrons. The Balaban J connectivity index is 1.24. The summed E-state index contributed by atoms with van der Waals surface area (Å²) in [6.07, 6.45) is 5.76. The standard InChI is InChI=1S/C24H25N5OS/c1-27(15-18-14-25-29(16-18)20-9-3-2-4-10-20)23(30)19-8-7-13-28(17-19)24-26-21-11-5-6-12-22(21)31-24/h2-6,9-12,14,16,19H,7-8,13,15,17H2,1H3/t19-/m1/s1. The SMILES string of the molecule is CN(Cc1cnn(-c2ccccc2)c1)C(=O)[C@@H]1CCCN(c2nc3ccccc3s2)C1. The van der Waals surface area contributed by atoms with Gasteiger partial charge in [0.15, 0.2) is 5.13 Å². The Kier molecular flexibility index (Phi) is 5.42. The summed E-state index contributed by atoms with van der Waals surface area (Å²) in [5, 5.41) is 5.47. The van der Waals surface area contributed by atoms with Gasteiger partial charge in [-0.1, -0.05) is 41.7 Å². The first kappa shape index (κ1) is 19.8. The van der Waals surface area contributed by atoms with E-state index in [0.717, 1.165) is 47.8 Å². The molecule has 1 atom stereocenters. The molecule has 0 saturated carbocycles. The number of benzene rings is 2. The highest BCUT2D eigenvalue weighted by Gasteiger charge is 2.29. The van der Waals surface area contributed by atoms with Gasteiger partial charge in [-0.3, -0.25) is 4.79 Å². The molecule has 1 amide bonds. The summed E-state index contributed by atoms with van der Waals surface area (Å²) in [7, 11) is 1.89. The predicted octanol–water partition coefficient (Wildman–Crippen LogP) is 4.36. The number of carbonyl (C=O) groups excluding carboxylic acids is 1. The molecule has 6 nitrogen and oxygen atoms in total. The van der Waals surface area contributed by atoms with E-state index >= 15 is 0 Å². The van der Waals surface area contributed by atoms with E-state index in [1.54, 1.807) is 11.3 Å². The van der Waals surface area contributed by atoms with Crippen LogP contribution in [0.2, 0.25) is 0 Å². The van der Waals surface area contributed by atoms with E-state index in [0.29, 0.717) is 6.54 Å². The average molecular weight is 432 g/mol. The van der Waals surface area contributed by atoms with Crippen molar-refractivity contribution in [3.63, 3.8) is 0 Å². The molecule has 7 heteroatoms. The van der Waals surface area contributed by atoms with Crippen LogP contribution in [-0.2, 0) is 11.3 Å². The van der Waals surface area contributed by atoms with Crippen LogP contribution in [0.1, 0.15) is 18.4 Å². The average Bonchev–Trinajstić information content (AvgIpc) is 3.46. The highest BCUT2D eigenvalue weighted by Crippen LogP contribution is 2.31. The van der Waals surface area contributed by atoms with Crippen LogP contribution >= 0.6 is 11.3 Å². The molecule has 1 fully saturated rings. The van der Waals surface area contributed by atoms with Crippen molar-refractivity contribution in [3.8, 4) is 5.69 Å². The number of amides is 1. The predicted molar refractivity (Wildman–Crippen MR) is 125 cm³/mol. The minimum absolute atomic E-state index is 0.00469. The third-order valence-electron chi connectivity index (χ3n) is 5.78. The number of nitrogens with zero attached hydrogens (tertiary/aromatic N) is 5. The van der Waals surface area contributed by atoms with E-state index in [4.69, 9.17) is 4.98 Å². The van der Waals surface area contributed by atoms with E-state index in [1.807, 2.05) is 77.6 Å². The maximum Gasteiger partial charge on any atom is 0.227 e. The highest BCUT2D eigenvalue weighted by atomic mass is 32.1. The Labute approximate surface area is 185 Å². The number of carbonyl (C=O) groups is 1. The van der Waals surface area contributed by atoms with Gasteiger partial charge in [-0.25, -0.2) is 9.67 Å². The quantitative estimate of drug-likeness (QED) is 0.471. The highest BCUT2D eigenvalue weighted by molar-refractivity contribution is 7.22. The van der Waals surface area contributed by atoms with Crippen molar-refractivity contribution in [2.45, 2.75) is 19.4 Å². The van der Waals surface area contributed by atoms with Crippen LogP contribution in [0.5, 0.6) is 0 Å². The zero-order valence-electron chi connectivity index (χ0n) is 17.5.